The summed E-state index contributed by atoms with van der Waals surface area (Å²) in [4.78, 5) is 11.8. The first-order valence-electron chi connectivity index (χ1n) is 16.0. The summed E-state index contributed by atoms with van der Waals surface area (Å²) < 4.78 is 5.41. The molecule has 0 spiro atoms. The maximum atomic E-state index is 11.8. The van der Waals surface area contributed by atoms with Crippen LogP contribution in [0.3, 0.4) is 0 Å². The van der Waals surface area contributed by atoms with Crippen molar-refractivity contribution >= 4 is 5.97 Å². The maximum absolute atomic E-state index is 11.8. The molecule has 0 aliphatic carbocycles. The zero-order valence-corrected chi connectivity index (χ0v) is 24.4. The Bertz CT molecular complexity index is 442. The molecule has 0 radical (unpaired) electrons. The van der Waals surface area contributed by atoms with Crippen LogP contribution in [0.1, 0.15) is 181 Å². The minimum absolute atomic E-state index is 0.0133. The van der Waals surface area contributed by atoms with E-state index in [1.54, 1.807) is 0 Å². The summed E-state index contributed by atoms with van der Waals surface area (Å²) >= 11 is 0. The summed E-state index contributed by atoms with van der Waals surface area (Å²) in [5, 5.41) is 0. The number of hydrogen-bond donors (Lipinski definition) is 0. The molecule has 0 aromatic rings. The third-order valence-electron chi connectivity index (χ3n) is 7.44. The maximum Gasteiger partial charge on any atom is 0.305 e. The number of ether oxygens (including phenoxy) is 1. The predicted octanol–water partition coefficient (Wildman–Crippen LogP) is 11.5. The number of carbonyl (C=O) groups excluding carboxylic acids is 1. The zero-order valence-electron chi connectivity index (χ0n) is 24.4. The van der Waals surface area contributed by atoms with Crippen molar-refractivity contribution in [1.82, 2.24) is 0 Å². The molecule has 0 bridgehead atoms. The van der Waals surface area contributed by atoms with Crippen LogP contribution >= 0.6 is 0 Å². The van der Waals surface area contributed by atoms with Crippen LogP contribution in [0.25, 0.3) is 0 Å². The van der Waals surface area contributed by atoms with Gasteiger partial charge in [-0.05, 0) is 38.0 Å². The number of unbranched alkanes of at least 4 members (excludes halogenated alkanes) is 19. The molecule has 2 heteroatoms. The van der Waals surface area contributed by atoms with Crippen molar-refractivity contribution in [3.8, 4) is 0 Å². The number of carbonyl (C=O) groups is 1. The largest absolute Gasteiger partial charge is 0.466 e. The van der Waals surface area contributed by atoms with Crippen molar-refractivity contribution in [3.05, 3.63) is 12.2 Å². The lowest BCUT2D eigenvalue weighted by Gasteiger charge is -2.07. The lowest BCUT2D eigenvalue weighted by Crippen LogP contribution is -2.05. The standard InChI is InChI=1S/C33H64O2/c1-4-6-7-8-9-10-14-18-21-24-27-30-33(34)35-31-28-25-22-19-16-13-11-12-15-17-20-23-26-29-32(3)5-2/h8-9,32H,4-7,10-31H2,1-3H3/b9-8-. The molecule has 0 aliphatic heterocycles. The molecule has 0 amide bonds. The summed E-state index contributed by atoms with van der Waals surface area (Å²) in [6.45, 7) is 7.56. The van der Waals surface area contributed by atoms with Crippen molar-refractivity contribution in [2.75, 3.05) is 6.61 Å². The Balaban J connectivity index is 3.18. The van der Waals surface area contributed by atoms with Gasteiger partial charge < -0.3 is 4.74 Å². The monoisotopic (exact) mass is 492 g/mol. The van der Waals surface area contributed by atoms with Gasteiger partial charge in [-0.15, -0.1) is 0 Å². The van der Waals surface area contributed by atoms with Gasteiger partial charge in [-0.1, -0.05) is 155 Å². The fraction of sp³-hybridized carbons (Fsp3) is 0.909. The summed E-state index contributed by atoms with van der Waals surface area (Å²) in [6.07, 6.45) is 36.8. The summed E-state index contributed by atoms with van der Waals surface area (Å²) in [7, 11) is 0. The van der Waals surface area contributed by atoms with Gasteiger partial charge in [0.05, 0.1) is 6.61 Å². The molecule has 0 saturated carbocycles. The van der Waals surface area contributed by atoms with Crippen LogP contribution in [-0.2, 0) is 9.53 Å². The molecule has 0 aromatic carbocycles. The summed E-state index contributed by atoms with van der Waals surface area (Å²) in [6, 6.07) is 0. The second kappa shape index (κ2) is 29.4. The smallest absolute Gasteiger partial charge is 0.305 e. The molecule has 0 aliphatic rings. The molecule has 1 unspecified atom stereocenters. The Labute approximate surface area is 221 Å². The van der Waals surface area contributed by atoms with Crippen LogP contribution in [0, 0.1) is 5.92 Å². The average Bonchev–Trinajstić information content (AvgIpc) is 2.86. The van der Waals surface area contributed by atoms with E-state index in [2.05, 4.69) is 32.9 Å². The van der Waals surface area contributed by atoms with Gasteiger partial charge in [-0.2, -0.15) is 0 Å². The van der Waals surface area contributed by atoms with Crippen LogP contribution < -0.4 is 0 Å². The fourth-order valence-electron chi connectivity index (χ4n) is 4.62. The number of hydrogen-bond acceptors (Lipinski definition) is 2. The molecule has 0 aromatic heterocycles. The Morgan fingerprint density at radius 2 is 1.06 bits per heavy atom. The first-order chi connectivity index (χ1) is 17.2. The fourth-order valence-corrected chi connectivity index (χ4v) is 4.62. The van der Waals surface area contributed by atoms with Crippen LogP contribution in [-0.4, -0.2) is 12.6 Å². The van der Waals surface area contributed by atoms with Gasteiger partial charge in [0.2, 0.25) is 0 Å². The highest BCUT2D eigenvalue weighted by atomic mass is 16.5. The second-order valence-electron chi connectivity index (χ2n) is 11.0. The van der Waals surface area contributed by atoms with E-state index >= 15 is 0 Å². The first-order valence-corrected chi connectivity index (χ1v) is 16.0. The Hall–Kier alpha value is -0.790. The third-order valence-corrected chi connectivity index (χ3v) is 7.44. The topological polar surface area (TPSA) is 26.3 Å². The quantitative estimate of drug-likeness (QED) is 0.0616. The molecule has 0 fully saturated rings. The van der Waals surface area contributed by atoms with Crippen LogP contribution in [0.5, 0.6) is 0 Å². The lowest BCUT2D eigenvalue weighted by molar-refractivity contribution is -0.143. The number of esters is 1. The minimum Gasteiger partial charge on any atom is -0.466 e. The normalized spacial score (nSPS) is 12.4. The van der Waals surface area contributed by atoms with E-state index in [1.165, 1.54) is 135 Å². The predicted molar refractivity (Wildman–Crippen MR) is 156 cm³/mol. The van der Waals surface area contributed by atoms with Crippen molar-refractivity contribution in [2.45, 2.75) is 181 Å². The van der Waals surface area contributed by atoms with Gasteiger partial charge in [-0.25, -0.2) is 0 Å². The molecular weight excluding hydrogens is 428 g/mol. The third kappa shape index (κ3) is 29.3. The van der Waals surface area contributed by atoms with Crippen LogP contribution in [0.4, 0.5) is 0 Å². The molecule has 1 atom stereocenters. The van der Waals surface area contributed by atoms with E-state index in [-0.39, 0.29) is 5.97 Å². The van der Waals surface area contributed by atoms with Crippen LogP contribution in [0.2, 0.25) is 0 Å². The van der Waals surface area contributed by atoms with Gasteiger partial charge in [0.15, 0.2) is 0 Å². The Morgan fingerprint density at radius 1 is 0.600 bits per heavy atom. The molecule has 208 valence electrons. The second-order valence-corrected chi connectivity index (χ2v) is 11.0. The number of rotatable bonds is 28. The molecule has 0 rings (SSSR count). The van der Waals surface area contributed by atoms with Crippen LogP contribution in [0.15, 0.2) is 12.2 Å². The van der Waals surface area contributed by atoms with Crippen molar-refractivity contribution in [2.24, 2.45) is 5.92 Å². The summed E-state index contributed by atoms with van der Waals surface area (Å²) in [5.74, 6) is 0.937. The SMILES string of the molecule is CCCC/C=C\CCCCCCCC(=O)OCCCCCCCCCCCCCCCC(C)CC. The van der Waals surface area contributed by atoms with Crippen molar-refractivity contribution in [1.29, 1.82) is 0 Å². The van der Waals surface area contributed by atoms with E-state index in [9.17, 15) is 4.79 Å². The van der Waals surface area contributed by atoms with Gasteiger partial charge in [-0.3, -0.25) is 4.79 Å². The first kappa shape index (κ1) is 34.2. The zero-order chi connectivity index (χ0) is 25.7. The molecule has 0 N–H and O–H groups in total. The minimum atomic E-state index is 0.0133. The van der Waals surface area contributed by atoms with E-state index < -0.39 is 0 Å². The lowest BCUT2D eigenvalue weighted by atomic mass is 9.99. The molecule has 35 heavy (non-hydrogen) atoms. The van der Waals surface area contributed by atoms with Gasteiger partial charge in [0.25, 0.3) is 0 Å². The highest BCUT2D eigenvalue weighted by Crippen LogP contribution is 2.16. The molecule has 2 nitrogen and oxygen atoms in total. The number of allylic oxidation sites excluding steroid dienone is 2. The highest BCUT2D eigenvalue weighted by Gasteiger charge is 2.02. The Morgan fingerprint density at radius 3 is 1.60 bits per heavy atom. The van der Waals surface area contributed by atoms with E-state index in [0.717, 1.165) is 25.2 Å². The summed E-state index contributed by atoms with van der Waals surface area (Å²) in [5.41, 5.74) is 0. The highest BCUT2D eigenvalue weighted by molar-refractivity contribution is 5.69. The van der Waals surface area contributed by atoms with Gasteiger partial charge in [0, 0.05) is 6.42 Å². The van der Waals surface area contributed by atoms with Crippen molar-refractivity contribution in [3.63, 3.8) is 0 Å². The van der Waals surface area contributed by atoms with E-state index in [0.29, 0.717) is 13.0 Å². The molecule has 0 saturated heterocycles. The molecular formula is C33H64O2. The van der Waals surface area contributed by atoms with Crippen molar-refractivity contribution < 1.29 is 9.53 Å². The molecule has 0 heterocycles. The Kier molecular flexibility index (Phi) is 28.8. The van der Waals surface area contributed by atoms with E-state index in [1.807, 2.05) is 0 Å². The van der Waals surface area contributed by atoms with E-state index in [4.69, 9.17) is 4.74 Å². The van der Waals surface area contributed by atoms with Gasteiger partial charge >= 0.3 is 5.97 Å². The van der Waals surface area contributed by atoms with Gasteiger partial charge in [0.1, 0.15) is 0 Å². The average molecular weight is 493 g/mol.